The van der Waals surface area contributed by atoms with E-state index in [0.29, 0.717) is 37.5 Å². The summed E-state index contributed by atoms with van der Waals surface area (Å²) in [4.78, 5) is 31.5. The van der Waals surface area contributed by atoms with E-state index in [-0.39, 0.29) is 23.7 Å². The van der Waals surface area contributed by atoms with Gasteiger partial charge in [-0.1, -0.05) is 47.4 Å². The molecule has 29 heavy (non-hydrogen) atoms. The van der Waals surface area contributed by atoms with Crippen LogP contribution in [0, 0.1) is 5.82 Å². The average molecular weight is 427 g/mol. The first kappa shape index (κ1) is 19.2. The highest BCUT2D eigenvalue weighted by molar-refractivity contribution is 8.00. The Morgan fingerprint density at radius 3 is 2.76 bits per heavy atom. The molecule has 4 aromatic rings. The molecule has 2 aromatic heterocycles. The number of aromatic nitrogens is 4. The average Bonchev–Trinajstić information content (AvgIpc) is 3.15. The van der Waals surface area contributed by atoms with Gasteiger partial charge in [0.05, 0.1) is 17.5 Å². The quantitative estimate of drug-likeness (QED) is 0.361. The number of anilines is 1. The molecule has 0 bridgehead atoms. The molecule has 0 aliphatic carbocycles. The second kappa shape index (κ2) is 8.50. The molecule has 146 valence electrons. The van der Waals surface area contributed by atoms with Gasteiger partial charge < -0.3 is 10.3 Å². The monoisotopic (exact) mass is 427 g/mol. The first-order valence-corrected chi connectivity index (χ1v) is 10.4. The molecule has 2 heterocycles. The molecular formula is C19H14FN5O2S2. The normalized spacial score (nSPS) is 10.9. The highest BCUT2D eigenvalue weighted by Crippen LogP contribution is 2.27. The minimum atomic E-state index is -0.348. The molecular weight excluding hydrogens is 413 g/mol. The molecule has 0 spiro atoms. The van der Waals surface area contributed by atoms with Gasteiger partial charge in [-0.2, -0.15) is 0 Å². The summed E-state index contributed by atoms with van der Waals surface area (Å²) in [6.07, 6.45) is 0.110. The van der Waals surface area contributed by atoms with Gasteiger partial charge in [-0.3, -0.25) is 9.59 Å². The smallest absolute Gasteiger partial charge is 0.271 e. The molecule has 0 saturated heterocycles. The van der Waals surface area contributed by atoms with Gasteiger partial charge in [-0.05, 0) is 29.8 Å². The van der Waals surface area contributed by atoms with Gasteiger partial charge in [-0.25, -0.2) is 9.37 Å². The van der Waals surface area contributed by atoms with Crippen LogP contribution in [0.4, 0.5) is 9.52 Å². The number of hydrogen-bond acceptors (Lipinski definition) is 7. The molecule has 2 N–H and O–H groups in total. The minimum Gasteiger partial charge on any atom is -0.319 e. The largest absolute Gasteiger partial charge is 0.319 e. The van der Waals surface area contributed by atoms with Crippen molar-refractivity contribution in [2.45, 2.75) is 16.5 Å². The van der Waals surface area contributed by atoms with Gasteiger partial charge >= 0.3 is 0 Å². The third-order valence-corrected chi connectivity index (χ3v) is 5.92. The van der Waals surface area contributed by atoms with E-state index in [1.807, 2.05) is 18.2 Å². The number of nitrogens with zero attached hydrogens (tertiary/aromatic N) is 3. The second-order valence-corrected chi connectivity index (χ2v) is 8.24. The van der Waals surface area contributed by atoms with Crippen LogP contribution >= 0.6 is 23.1 Å². The molecule has 0 aliphatic heterocycles. The van der Waals surface area contributed by atoms with Crippen molar-refractivity contribution in [1.29, 1.82) is 0 Å². The van der Waals surface area contributed by atoms with Gasteiger partial charge in [0.15, 0.2) is 4.34 Å². The number of halogens is 1. The van der Waals surface area contributed by atoms with Gasteiger partial charge in [0, 0.05) is 5.75 Å². The number of fused-ring (bicyclic) bond motifs is 1. The predicted octanol–water partition coefficient (Wildman–Crippen LogP) is 3.39. The Kier molecular flexibility index (Phi) is 5.63. The maximum Gasteiger partial charge on any atom is 0.271 e. The maximum absolute atomic E-state index is 12.9. The maximum atomic E-state index is 12.9. The Morgan fingerprint density at radius 2 is 1.93 bits per heavy atom. The van der Waals surface area contributed by atoms with E-state index >= 15 is 0 Å². The van der Waals surface area contributed by atoms with E-state index in [4.69, 9.17) is 0 Å². The Bertz CT molecular complexity index is 1220. The zero-order valence-electron chi connectivity index (χ0n) is 14.9. The molecule has 10 heteroatoms. The third kappa shape index (κ3) is 4.84. The Labute approximate surface area is 172 Å². The van der Waals surface area contributed by atoms with Crippen molar-refractivity contribution in [2.75, 3.05) is 5.32 Å². The standard InChI is InChI=1S/C19H14FN5O2S2/c20-12-7-5-11(6-8-12)9-16(26)23-18-24-25-19(29-18)28-10-15-17(27)22-14-4-2-1-3-13(14)21-15/h1-8H,9-10H2,(H,22,27)(H,23,24,26). The van der Waals surface area contributed by atoms with Crippen molar-refractivity contribution in [2.24, 2.45) is 0 Å². The van der Waals surface area contributed by atoms with Crippen molar-refractivity contribution >= 4 is 45.2 Å². The van der Waals surface area contributed by atoms with E-state index in [1.54, 1.807) is 18.2 Å². The van der Waals surface area contributed by atoms with Crippen LogP contribution < -0.4 is 10.9 Å². The highest BCUT2D eigenvalue weighted by atomic mass is 32.2. The molecule has 0 radical (unpaired) electrons. The summed E-state index contributed by atoms with van der Waals surface area (Å²) < 4.78 is 13.5. The van der Waals surface area contributed by atoms with Gasteiger partial charge in [0.25, 0.3) is 5.56 Å². The lowest BCUT2D eigenvalue weighted by Gasteiger charge is -2.01. The SMILES string of the molecule is O=C(Cc1ccc(F)cc1)Nc1nnc(SCc2nc3ccccc3[nH]c2=O)s1. The number of amides is 1. The van der Waals surface area contributed by atoms with Crippen molar-refractivity contribution < 1.29 is 9.18 Å². The predicted molar refractivity (Wildman–Crippen MR) is 111 cm³/mol. The number of para-hydroxylation sites is 2. The van der Waals surface area contributed by atoms with Crippen molar-refractivity contribution in [1.82, 2.24) is 20.2 Å². The summed E-state index contributed by atoms with van der Waals surface area (Å²) in [6.45, 7) is 0. The van der Waals surface area contributed by atoms with E-state index in [2.05, 4.69) is 25.5 Å². The number of nitrogens with one attached hydrogen (secondary N) is 2. The first-order chi connectivity index (χ1) is 14.1. The van der Waals surface area contributed by atoms with Crippen LogP contribution in [0.2, 0.25) is 0 Å². The number of hydrogen-bond donors (Lipinski definition) is 2. The lowest BCUT2D eigenvalue weighted by Crippen LogP contribution is -2.14. The lowest BCUT2D eigenvalue weighted by atomic mass is 10.1. The molecule has 0 fully saturated rings. The number of thioether (sulfide) groups is 1. The number of carbonyl (C=O) groups is 1. The van der Waals surface area contributed by atoms with Crippen LogP contribution in [0.15, 0.2) is 57.7 Å². The summed E-state index contributed by atoms with van der Waals surface area (Å²) in [5.74, 6) is -0.283. The molecule has 0 aliphatic rings. The van der Waals surface area contributed by atoms with Crippen LogP contribution in [-0.2, 0) is 17.0 Å². The zero-order valence-corrected chi connectivity index (χ0v) is 16.5. The second-order valence-electron chi connectivity index (χ2n) is 6.04. The van der Waals surface area contributed by atoms with Crippen LogP contribution in [0.3, 0.4) is 0 Å². The molecule has 0 saturated carbocycles. The molecule has 0 atom stereocenters. The topological polar surface area (TPSA) is 101 Å². The molecule has 1 amide bonds. The fraction of sp³-hybridized carbons (Fsp3) is 0.105. The van der Waals surface area contributed by atoms with Crippen LogP contribution in [0.25, 0.3) is 11.0 Å². The fourth-order valence-electron chi connectivity index (χ4n) is 2.57. The van der Waals surface area contributed by atoms with Crippen LogP contribution in [0.1, 0.15) is 11.3 Å². The Hall–Kier alpha value is -3.11. The lowest BCUT2D eigenvalue weighted by molar-refractivity contribution is -0.115. The minimum absolute atomic E-state index is 0.110. The van der Waals surface area contributed by atoms with Gasteiger partial charge in [-0.15, -0.1) is 10.2 Å². The number of carbonyl (C=O) groups excluding carboxylic acids is 1. The van der Waals surface area contributed by atoms with E-state index in [1.165, 1.54) is 35.2 Å². The van der Waals surface area contributed by atoms with E-state index in [0.717, 1.165) is 0 Å². The van der Waals surface area contributed by atoms with Crippen LogP contribution in [-0.4, -0.2) is 26.1 Å². The number of benzene rings is 2. The van der Waals surface area contributed by atoms with Crippen LogP contribution in [0.5, 0.6) is 0 Å². The van der Waals surface area contributed by atoms with Crippen molar-refractivity contribution in [3.05, 3.63) is 76.0 Å². The molecule has 0 unspecified atom stereocenters. The Morgan fingerprint density at radius 1 is 1.14 bits per heavy atom. The van der Waals surface area contributed by atoms with Crippen molar-refractivity contribution in [3.63, 3.8) is 0 Å². The third-order valence-electron chi connectivity index (χ3n) is 3.93. The summed E-state index contributed by atoms with van der Waals surface area (Å²) >= 11 is 2.53. The summed E-state index contributed by atoms with van der Waals surface area (Å²) in [5.41, 5.74) is 2.26. The summed E-state index contributed by atoms with van der Waals surface area (Å²) in [5, 5.41) is 11.0. The van der Waals surface area contributed by atoms with E-state index in [9.17, 15) is 14.0 Å². The van der Waals surface area contributed by atoms with Crippen molar-refractivity contribution in [3.8, 4) is 0 Å². The van der Waals surface area contributed by atoms with Gasteiger partial charge in [0.2, 0.25) is 11.0 Å². The highest BCUT2D eigenvalue weighted by Gasteiger charge is 2.11. The summed E-state index contributed by atoms with van der Waals surface area (Å²) in [7, 11) is 0. The Balaban J connectivity index is 1.37. The van der Waals surface area contributed by atoms with E-state index < -0.39 is 0 Å². The molecule has 7 nitrogen and oxygen atoms in total. The summed E-state index contributed by atoms with van der Waals surface area (Å²) in [6, 6.07) is 13.1. The number of rotatable bonds is 6. The number of aromatic amines is 1. The first-order valence-electron chi connectivity index (χ1n) is 8.55. The molecule has 4 rings (SSSR count). The zero-order chi connectivity index (χ0) is 20.2. The fourth-order valence-corrected chi connectivity index (χ4v) is 4.26. The molecule has 2 aromatic carbocycles. The van der Waals surface area contributed by atoms with Gasteiger partial charge in [0.1, 0.15) is 11.5 Å². The number of H-pyrrole nitrogens is 1.